The highest BCUT2D eigenvalue weighted by Crippen LogP contribution is 2.02. The maximum Gasteiger partial charge on any atom is 0.210 e. The van der Waals surface area contributed by atoms with Gasteiger partial charge in [-0.3, -0.25) is 0 Å². The van der Waals surface area contributed by atoms with E-state index >= 15 is 0 Å². The van der Waals surface area contributed by atoms with E-state index in [1.165, 1.54) is 0 Å². The lowest BCUT2D eigenvalue weighted by molar-refractivity contribution is -0.0612. The van der Waals surface area contributed by atoms with Crippen LogP contribution < -0.4 is 0 Å². The molecule has 8 heavy (non-hydrogen) atoms. The zero-order valence-corrected chi connectivity index (χ0v) is 7.34. The molecule has 0 aliphatic carbocycles. The summed E-state index contributed by atoms with van der Waals surface area (Å²) in [6, 6.07) is 0. The highest BCUT2D eigenvalue weighted by molar-refractivity contribution is 14.1. The number of rotatable bonds is 4. The molecule has 0 radical (unpaired) electrons. The number of hydrogen-bond donors (Lipinski definition) is 0. The van der Waals surface area contributed by atoms with Gasteiger partial charge in [0.25, 0.3) is 0 Å². The molecule has 50 valence electrons. The van der Waals surface area contributed by atoms with Crippen molar-refractivity contribution in [3.8, 4) is 0 Å². The summed E-state index contributed by atoms with van der Waals surface area (Å²) in [6.45, 7) is 5.33. The fourth-order valence-electron chi connectivity index (χ4n) is 0.310. The van der Waals surface area contributed by atoms with Gasteiger partial charge >= 0.3 is 0 Å². The van der Waals surface area contributed by atoms with Crippen molar-refractivity contribution in [2.24, 2.45) is 0 Å². The number of ether oxygens (including phenoxy) is 2. The molecule has 0 atom stereocenters. The fourth-order valence-corrected chi connectivity index (χ4v) is 1.03. The summed E-state index contributed by atoms with van der Waals surface area (Å²) >= 11 is 2.10. The van der Waals surface area contributed by atoms with Gasteiger partial charge in [0.2, 0.25) is 4.30 Å². The van der Waals surface area contributed by atoms with Crippen LogP contribution in [0.4, 0.5) is 0 Å². The van der Waals surface area contributed by atoms with E-state index in [-0.39, 0.29) is 4.30 Å². The summed E-state index contributed by atoms with van der Waals surface area (Å²) in [5, 5.41) is 0. The van der Waals surface area contributed by atoms with Gasteiger partial charge in [0, 0.05) is 13.2 Å². The molecule has 0 saturated heterocycles. The molecule has 0 unspecified atom stereocenters. The average Bonchev–Trinajstić information content (AvgIpc) is 1.68. The van der Waals surface area contributed by atoms with Crippen LogP contribution in [0.15, 0.2) is 0 Å². The highest BCUT2D eigenvalue weighted by Gasteiger charge is 1.97. The van der Waals surface area contributed by atoms with Gasteiger partial charge < -0.3 is 9.47 Å². The van der Waals surface area contributed by atoms with Gasteiger partial charge in [0.15, 0.2) is 0 Å². The van der Waals surface area contributed by atoms with Crippen molar-refractivity contribution < 1.29 is 9.47 Å². The summed E-state index contributed by atoms with van der Waals surface area (Å²) in [6.07, 6.45) is 0. The van der Waals surface area contributed by atoms with Crippen molar-refractivity contribution in [1.82, 2.24) is 0 Å². The summed E-state index contributed by atoms with van der Waals surface area (Å²) in [7, 11) is 0. The normalized spacial score (nSPS) is 10.5. The van der Waals surface area contributed by atoms with Crippen molar-refractivity contribution in [1.29, 1.82) is 0 Å². The molecule has 0 bridgehead atoms. The Kier molecular flexibility index (Phi) is 6.25. The van der Waals surface area contributed by atoms with Gasteiger partial charge in [0.1, 0.15) is 0 Å². The molecule has 0 amide bonds. The molecule has 2 nitrogen and oxygen atoms in total. The van der Waals surface area contributed by atoms with E-state index in [0.717, 1.165) is 0 Å². The smallest absolute Gasteiger partial charge is 0.210 e. The summed E-state index contributed by atoms with van der Waals surface area (Å²) in [4.78, 5) is 0. The first-order valence-corrected chi connectivity index (χ1v) is 3.93. The largest absolute Gasteiger partial charge is 0.344 e. The number of halogens is 1. The van der Waals surface area contributed by atoms with Gasteiger partial charge in [-0.25, -0.2) is 0 Å². The quantitative estimate of drug-likeness (QED) is 0.416. The standard InChI is InChI=1S/C5H11IO2/c1-3-7-5(6)8-4-2/h5H,3-4H2,1-2H3. The first-order valence-electron chi connectivity index (χ1n) is 2.68. The van der Waals surface area contributed by atoms with Crippen LogP contribution in [0.3, 0.4) is 0 Å². The van der Waals surface area contributed by atoms with Crippen molar-refractivity contribution >= 4 is 22.6 Å². The Morgan fingerprint density at radius 1 is 1.25 bits per heavy atom. The lowest BCUT2D eigenvalue weighted by Crippen LogP contribution is -2.07. The predicted molar refractivity (Wildman–Crippen MR) is 41.1 cm³/mol. The van der Waals surface area contributed by atoms with Crippen molar-refractivity contribution in [3.63, 3.8) is 0 Å². The van der Waals surface area contributed by atoms with E-state index < -0.39 is 0 Å². The molecule has 0 aliphatic heterocycles. The van der Waals surface area contributed by atoms with E-state index in [9.17, 15) is 0 Å². The van der Waals surface area contributed by atoms with E-state index in [1.54, 1.807) is 0 Å². The van der Waals surface area contributed by atoms with Crippen LogP contribution in [0.5, 0.6) is 0 Å². The van der Waals surface area contributed by atoms with Gasteiger partial charge in [0.05, 0.1) is 0 Å². The highest BCUT2D eigenvalue weighted by atomic mass is 127. The Balaban J connectivity index is 2.92. The minimum atomic E-state index is -0.0670. The van der Waals surface area contributed by atoms with Gasteiger partial charge in [-0.2, -0.15) is 0 Å². The molecule has 0 aromatic heterocycles. The minimum absolute atomic E-state index is 0.0670. The van der Waals surface area contributed by atoms with Crippen LogP contribution >= 0.6 is 22.6 Å². The maximum absolute atomic E-state index is 5.05. The second-order valence-electron chi connectivity index (χ2n) is 1.19. The molecule has 0 N–H and O–H groups in total. The molecule has 0 heterocycles. The monoisotopic (exact) mass is 230 g/mol. The van der Waals surface area contributed by atoms with E-state index in [2.05, 4.69) is 22.6 Å². The zero-order valence-electron chi connectivity index (χ0n) is 5.19. The number of alkyl halides is 1. The van der Waals surface area contributed by atoms with Crippen LogP contribution in [0.2, 0.25) is 0 Å². The molecule has 0 aromatic rings. The fraction of sp³-hybridized carbons (Fsp3) is 1.00. The average molecular weight is 230 g/mol. The topological polar surface area (TPSA) is 18.5 Å². The SMILES string of the molecule is CCOC(I)OCC. The summed E-state index contributed by atoms with van der Waals surface area (Å²) < 4.78 is 10.0. The van der Waals surface area contributed by atoms with Crippen molar-refractivity contribution in [2.45, 2.75) is 18.1 Å². The molecule has 3 heteroatoms. The van der Waals surface area contributed by atoms with Crippen LogP contribution in [0.25, 0.3) is 0 Å². The Hall–Kier alpha value is 0.650. The van der Waals surface area contributed by atoms with Crippen LogP contribution in [0.1, 0.15) is 13.8 Å². The Labute approximate surface area is 63.7 Å². The lowest BCUT2D eigenvalue weighted by Gasteiger charge is -2.07. The first-order chi connectivity index (χ1) is 3.81. The second-order valence-corrected chi connectivity index (χ2v) is 2.20. The Bertz CT molecular complexity index is 43.7. The molecule has 0 aliphatic rings. The summed E-state index contributed by atoms with van der Waals surface area (Å²) in [5.41, 5.74) is 0. The number of hydrogen-bond acceptors (Lipinski definition) is 2. The van der Waals surface area contributed by atoms with Crippen molar-refractivity contribution in [3.05, 3.63) is 0 Å². The van der Waals surface area contributed by atoms with Crippen molar-refractivity contribution in [2.75, 3.05) is 13.2 Å². The second kappa shape index (κ2) is 5.78. The Morgan fingerprint density at radius 3 is 1.88 bits per heavy atom. The molecular weight excluding hydrogens is 219 g/mol. The molecule has 0 spiro atoms. The van der Waals surface area contributed by atoms with E-state index in [0.29, 0.717) is 13.2 Å². The zero-order chi connectivity index (χ0) is 6.41. The van der Waals surface area contributed by atoms with E-state index in [4.69, 9.17) is 9.47 Å². The predicted octanol–water partition coefficient (Wildman–Crippen LogP) is 1.78. The third-order valence-electron chi connectivity index (χ3n) is 0.595. The lowest BCUT2D eigenvalue weighted by atomic mass is 10.9. The first kappa shape index (κ1) is 8.65. The Morgan fingerprint density at radius 2 is 1.62 bits per heavy atom. The third-order valence-corrected chi connectivity index (χ3v) is 1.31. The molecular formula is C5H11IO2. The van der Waals surface area contributed by atoms with Gasteiger partial charge in [-0.15, -0.1) is 0 Å². The van der Waals surface area contributed by atoms with Gasteiger partial charge in [-0.1, -0.05) is 0 Å². The van der Waals surface area contributed by atoms with Crippen LogP contribution in [-0.4, -0.2) is 17.5 Å². The third kappa shape index (κ3) is 4.80. The van der Waals surface area contributed by atoms with Crippen LogP contribution in [-0.2, 0) is 9.47 Å². The molecule has 0 rings (SSSR count). The van der Waals surface area contributed by atoms with Gasteiger partial charge in [-0.05, 0) is 36.4 Å². The van der Waals surface area contributed by atoms with Crippen LogP contribution in [0, 0.1) is 0 Å². The molecule has 0 saturated carbocycles. The van der Waals surface area contributed by atoms with E-state index in [1.807, 2.05) is 13.8 Å². The molecule has 0 fully saturated rings. The molecule has 0 aromatic carbocycles. The summed E-state index contributed by atoms with van der Waals surface area (Å²) in [5.74, 6) is 0. The maximum atomic E-state index is 5.05. The minimum Gasteiger partial charge on any atom is -0.344 e.